The van der Waals surface area contributed by atoms with Crippen molar-refractivity contribution in [2.24, 2.45) is 5.92 Å². The van der Waals surface area contributed by atoms with E-state index in [2.05, 4.69) is 17.3 Å². The summed E-state index contributed by atoms with van der Waals surface area (Å²) in [7, 11) is 0. The van der Waals surface area contributed by atoms with Crippen LogP contribution in [-0.2, 0) is 6.54 Å². The van der Waals surface area contributed by atoms with E-state index in [-0.39, 0.29) is 6.10 Å². The smallest absolute Gasteiger partial charge is 0.0860 e. The lowest BCUT2D eigenvalue weighted by atomic mass is 10.2. The van der Waals surface area contributed by atoms with E-state index in [1.807, 2.05) is 12.3 Å². The van der Waals surface area contributed by atoms with Crippen molar-refractivity contribution in [3.05, 3.63) is 18.5 Å². The van der Waals surface area contributed by atoms with Gasteiger partial charge in [0.15, 0.2) is 0 Å². The summed E-state index contributed by atoms with van der Waals surface area (Å²) in [4.78, 5) is 0. The zero-order chi connectivity index (χ0) is 10.7. The standard InChI is InChI=1S/C11H19N3O/c1-9(10-3-4-10)12-7-11(15)8-14-6-2-5-13-14/h2,5-6,9-12,15H,3-4,7-8H2,1H3. The van der Waals surface area contributed by atoms with E-state index in [4.69, 9.17) is 0 Å². The minimum Gasteiger partial charge on any atom is -0.390 e. The van der Waals surface area contributed by atoms with Gasteiger partial charge >= 0.3 is 0 Å². The zero-order valence-electron chi connectivity index (χ0n) is 9.13. The van der Waals surface area contributed by atoms with Gasteiger partial charge in [-0.2, -0.15) is 5.10 Å². The lowest BCUT2D eigenvalue weighted by Crippen LogP contribution is -2.36. The molecule has 1 aromatic heterocycles. The Morgan fingerprint density at radius 1 is 1.60 bits per heavy atom. The number of aromatic nitrogens is 2. The fraction of sp³-hybridized carbons (Fsp3) is 0.727. The maximum Gasteiger partial charge on any atom is 0.0860 e. The van der Waals surface area contributed by atoms with Gasteiger partial charge in [-0.05, 0) is 31.7 Å². The maximum atomic E-state index is 9.75. The third-order valence-corrected chi connectivity index (χ3v) is 2.96. The molecule has 1 heterocycles. The Balaban J connectivity index is 1.65. The van der Waals surface area contributed by atoms with Crippen LogP contribution in [0.2, 0.25) is 0 Å². The monoisotopic (exact) mass is 209 g/mol. The molecule has 84 valence electrons. The summed E-state index contributed by atoms with van der Waals surface area (Å²) in [5.41, 5.74) is 0. The summed E-state index contributed by atoms with van der Waals surface area (Å²) in [6, 6.07) is 2.41. The highest BCUT2D eigenvalue weighted by Crippen LogP contribution is 2.32. The number of hydrogen-bond donors (Lipinski definition) is 2. The number of hydrogen-bond acceptors (Lipinski definition) is 3. The first kappa shape index (κ1) is 10.6. The van der Waals surface area contributed by atoms with E-state index in [1.165, 1.54) is 12.8 Å². The fourth-order valence-electron chi connectivity index (χ4n) is 1.77. The molecular formula is C11H19N3O. The van der Waals surface area contributed by atoms with Crippen LogP contribution >= 0.6 is 0 Å². The van der Waals surface area contributed by atoms with Gasteiger partial charge in [-0.15, -0.1) is 0 Å². The first-order valence-corrected chi connectivity index (χ1v) is 5.64. The van der Waals surface area contributed by atoms with Crippen LogP contribution in [0.15, 0.2) is 18.5 Å². The molecule has 1 fully saturated rings. The van der Waals surface area contributed by atoms with Crippen LogP contribution in [0, 0.1) is 5.92 Å². The SMILES string of the molecule is CC(NCC(O)Cn1cccn1)C1CC1. The van der Waals surface area contributed by atoms with Crippen molar-refractivity contribution >= 4 is 0 Å². The number of nitrogens with one attached hydrogen (secondary N) is 1. The average Bonchev–Trinajstić information content (AvgIpc) is 2.95. The Hall–Kier alpha value is -0.870. The van der Waals surface area contributed by atoms with Gasteiger partial charge < -0.3 is 10.4 Å². The molecule has 0 saturated heterocycles. The largest absolute Gasteiger partial charge is 0.390 e. The lowest BCUT2D eigenvalue weighted by molar-refractivity contribution is 0.142. The van der Waals surface area contributed by atoms with Crippen LogP contribution in [0.3, 0.4) is 0 Å². The van der Waals surface area contributed by atoms with E-state index in [0.29, 0.717) is 19.1 Å². The lowest BCUT2D eigenvalue weighted by Gasteiger charge is -2.16. The molecule has 1 aliphatic carbocycles. The summed E-state index contributed by atoms with van der Waals surface area (Å²) in [5, 5.41) is 17.2. The molecule has 0 amide bonds. The van der Waals surface area contributed by atoms with Gasteiger partial charge in [0, 0.05) is 25.0 Å². The van der Waals surface area contributed by atoms with Crippen LogP contribution in [0.1, 0.15) is 19.8 Å². The van der Waals surface area contributed by atoms with Gasteiger partial charge in [0.1, 0.15) is 0 Å². The molecule has 4 heteroatoms. The molecular weight excluding hydrogens is 190 g/mol. The quantitative estimate of drug-likeness (QED) is 0.722. The van der Waals surface area contributed by atoms with E-state index in [1.54, 1.807) is 10.9 Å². The number of nitrogens with zero attached hydrogens (tertiary/aromatic N) is 2. The molecule has 2 atom stereocenters. The Morgan fingerprint density at radius 3 is 3.00 bits per heavy atom. The highest BCUT2D eigenvalue weighted by Gasteiger charge is 2.27. The summed E-state index contributed by atoms with van der Waals surface area (Å²) >= 11 is 0. The predicted molar refractivity (Wildman–Crippen MR) is 58.4 cm³/mol. The molecule has 0 aromatic carbocycles. The minimum absolute atomic E-state index is 0.355. The molecule has 1 aliphatic rings. The van der Waals surface area contributed by atoms with Gasteiger partial charge in [0.05, 0.1) is 12.6 Å². The van der Waals surface area contributed by atoms with Gasteiger partial charge in [-0.25, -0.2) is 0 Å². The second-order valence-electron chi connectivity index (χ2n) is 4.42. The summed E-state index contributed by atoms with van der Waals surface area (Å²) in [6.07, 6.45) is 5.92. The highest BCUT2D eigenvalue weighted by atomic mass is 16.3. The average molecular weight is 209 g/mol. The predicted octanol–water partition coefficient (Wildman–Crippen LogP) is 0.632. The van der Waals surface area contributed by atoms with Gasteiger partial charge in [0.25, 0.3) is 0 Å². The van der Waals surface area contributed by atoms with Crippen molar-refractivity contribution in [2.45, 2.75) is 38.5 Å². The van der Waals surface area contributed by atoms with Gasteiger partial charge in [-0.3, -0.25) is 4.68 Å². The third-order valence-electron chi connectivity index (χ3n) is 2.96. The first-order valence-electron chi connectivity index (χ1n) is 5.64. The van der Waals surface area contributed by atoms with Crippen molar-refractivity contribution in [2.75, 3.05) is 6.54 Å². The number of rotatable bonds is 6. The normalized spacial score (nSPS) is 20.1. The van der Waals surface area contributed by atoms with Gasteiger partial charge in [0.2, 0.25) is 0 Å². The Bertz CT molecular complexity index is 282. The molecule has 2 rings (SSSR count). The van der Waals surface area contributed by atoms with Crippen LogP contribution < -0.4 is 5.32 Å². The zero-order valence-corrected chi connectivity index (χ0v) is 9.13. The van der Waals surface area contributed by atoms with Crippen molar-refractivity contribution in [3.8, 4) is 0 Å². The van der Waals surface area contributed by atoms with Crippen LogP contribution in [-0.4, -0.2) is 33.6 Å². The van der Waals surface area contributed by atoms with Crippen LogP contribution in [0.25, 0.3) is 0 Å². The maximum absolute atomic E-state index is 9.75. The molecule has 15 heavy (non-hydrogen) atoms. The Morgan fingerprint density at radius 2 is 2.40 bits per heavy atom. The third kappa shape index (κ3) is 3.32. The minimum atomic E-state index is -0.355. The highest BCUT2D eigenvalue weighted by molar-refractivity contribution is 4.84. The molecule has 0 radical (unpaired) electrons. The molecule has 1 saturated carbocycles. The Kier molecular flexibility index (Phi) is 3.38. The molecule has 4 nitrogen and oxygen atoms in total. The summed E-state index contributed by atoms with van der Waals surface area (Å²) < 4.78 is 1.76. The number of aliphatic hydroxyl groups excluding tert-OH is 1. The van der Waals surface area contributed by atoms with E-state index in [9.17, 15) is 5.11 Å². The van der Waals surface area contributed by atoms with E-state index >= 15 is 0 Å². The fourth-order valence-corrected chi connectivity index (χ4v) is 1.77. The summed E-state index contributed by atoms with van der Waals surface area (Å²) in [6.45, 7) is 3.41. The number of aliphatic hydroxyl groups is 1. The van der Waals surface area contributed by atoms with E-state index < -0.39 is 0 Å². The summed E-state index contributed by atoms with van der Waals surface area (Å²) in [5.74, 6) is 0.835. The van der Waals surface area contributed by atoms with Crippen molar-refractivity contribution < 1.29 is 5.11 Å². The van der Waals surface area contributed by atoms with Crippen molar-refractivity contribution in [1.82, 2.24) is 15.1 Å². The first-order chi connectivity index (χ1) is 7.25. The van der Waals surface area contributed by atoms with Crippen LogP contribution in [0.5, 0.6) is 0 Å². The topological polar surface area (TPSA) is 50.1 Å². The van der Waals surface area contributed by atoms with E-state index in [0.717, 1.165) is 5.92 Å². The molecule has 1 aromatic rings. The van der Waals surface area contributed by atoms with Crippen LogP contribution in [0.4, 0.5) is 0 Å². The second kappa shape index (κ2) is 4.77. The molecule has 0 aliphatic heterocycles. The molecule has 2 N–H and O–H groups in total. The molecule has 0 bridgehead atoms. The Labute approximate surface area is 90.3 Å². The van der Waals surface area contributed by atoms with Gasteiger partial charge in [-0.1, -0.05) is 0 Å². The van der Waals surface area contributed by atoms with Crippen molar-refractivity contribution in [3.63, 3.8) is 0 Å². The second-order valence-corrected chi connectivity index (χ2v) is 4.42. The van der Waals surface area contributed by atoms with Crippen molar-refractivity contribution in [1.29, 1.82) is 0 Å². The molecule has 0 spiro atoms. The molecule has 2 unspecified atom stereocenters.